The van der Waals surface area contributed by atoms with Gasteiger partial charge in [-0.05, 0) is 12.8 Å². The number of hydrogen-bond acceptors (Lipinski definition) is 2. The minimum Gasteiger partial charge on any atom is -0.370 e. The molecule has 12 heavy (non-hydrogen) atoms. The van der Waals surface area contributed by atoms with Crippen molar-refractivity contribution < 1.29 is 9.53 Å². The van der Waals surface area contributed by atoms with Crippen molar-refractivity contribution in [3.8, 4) is 0 Å². The van der Waals surface area contributed by atoms with Crippen LogP contribution in [-0.2, 0) is 9.53 Å². The minimum absolute atomic E-state index is 0.101. The molecule has 2 aliphatic carbocycles. The maximum Gasteiger partial charge on any atom is 0.139 e. The highest BCUT2D eigenvalue weighted by molar-refractivity contribution is 5.83. The average Bonchev–Trinajstić information content (AvgIpc) is 2.34. The van der Waals surface area contributed by atoms with Crippen LogP contribution in [0.1, 0.15) is 19.3 Å². The second-order valence-electron chi connectivity index (χ2n) is 4.03. The van der Waals surface area contributed by atoms with E-state index >= 15 is 0 Å². The normalized spacial score (nSPS) is 49.8. The number of ketones is 1. The Kier molecular flexibility index (Phi) is 1.25. The van der Waals surface area contributed by atoms with Crippen LogP contribution in [-0.4, -0.2) is 18.0 Å². The van der Waals surface area contributed by atoms with Crippen molar-refractivity contribution in [2.24, 2.45) is 11.8 Å². The molecule has 2 aliphatic heterocycles. The molecule has 2 heterocycles. The van der Waals surface area contributed by atoms with E-state index in [9.17, 15) is 4.79 Å². The van der Waals surface area contributed by atoms with E-state index in [4.69, 9.17) is 4.74 Å². The van der Waals surface area contributed by atoms with Crippen molar-refractivity contribution in [2.75, 3.05) is 0 Å². The number of Topliss-reactive ketones (excluding diaryl/α,β-unsaturated/α-hetero) is 1. The first kappa shape index (κ1) is 6.84. The van der Waals surface area contributed by atoms with Gasteiger partial charge in [0.15, 0.2) is 0 Å². The number of carbonyl (C=O) groups excluding carboxylic acids is 1. The third-order valence-corrected chi connectivity index (χ3v) is 3.37. The SMILES string of the molecule is O=C1CC2C=CC3C(CCC13)O2. The Morgan fingerprint density at radius 1 is 1.33 bits per heavy atom. The zero-order chi connectivity index (χ0) is 8.13. The average molecular weight is 164 g/mol. The van der Waals surface area contributed by atoms with Crippen LogP contribution in [0.4, 0.5) is 0 Å². The van der Waals surface area contributed by atoms with E-state index in [-0.39, 0.29) is 6.10 Å². The highest BCUT2D eigenvalue weighted by atomic mass is 16.5. The zero-order valence-electron chi connectivity index (χ0n) is 6.90. The zero-order valence-corrected chi connectivity index (χ0v) is 6.90. The Morgan fingerprint density at radius 3 is 3.17 bits per heavy atom. The van der Waals surface area contributed by atoms with E-state index in [1.54, 1.807) is 0 Å². The molecule has 4 bridgehead atoms. The highest BCUT2D eigenvalue weighted by Gasteiger charge is 2.45. The molecule has 0 aromatic rings. The van der Waals surface area contributed by atoms with Gasteiger partial charge in [0.2, 0.25) is 0 Å². The molecule has 0 spiro atoms. The van der Waals surface area contributed by atoms with Crippen molar-refractivity contribution >= 4 is 5.78 Å². The van der Waals surface area contributed by atoms with Crippen molar-refractivity contribution in [1.29, 1.82) is 0 Å². The van der Waals surface area contributed by atoms with Crippen molar-refractivity contribution in [2.45, 2.75) is 31.5 Å². The maximum absolute atomic E-state index is 11.6. The molecular weight excluding hydrogens is 152 g/mol. The van der Waals surface area contributed by atoms with Gasteiger partial charge in [-0.2, -0.15) is 0 Å². The highest BCUT2D eigenvalue weighted by Crippen LogP contribution is 2.43. The standard InChI is InChI=1S/C10H12O2/c11-9-5-6-1-2-8-7(9)3-4-10(8)12-6/h1-2,6-8,10H,3-5H2. The van der Waals surface area contributed by atoms with Crippen molar-refractivity contribution in [3.05, 3.63) is 12.2 Å². The Balaban J connectivity index is 2.05. The molecule has 0 aromatic heterocycles. The topological polar surface area (TPSA) is 26.3 Å². The van der Waals surface area contributed by atoms with Gasteiger partial charge in [-0.15, -0.1) is 0 Å². The van der Waals surface area contributed by atoms with Gasteiger partial charge in [0.25, 0.3) is 0 Å². The quantitative estimate of drug-likeness (QED) is 0.504. The van der Waals surface area contributed by atoms with E-state index in [0.717, 1.165) is 12.8 Å². The van der Waals surface area contributed by atoms with E-state index < -0.39 is 0 Å². The summed E-state index contributed by atoms with van der Waals surface area (Å²) in [5, 5.41) is 0. The first-order valence-electron chi connectivity index (χ1n) is 4.71. The predicted octanol–water partition coefficient (Wildman–Crippen LogP) is 1.31. The van der Waals surface area contributed by atoms with Crippen LogP contribution in [0.25, 0.3) is 0 Å². The number of fused-ring (bicyclic) bond motifs is 1. The third kappa shape index (κ3) is 0.761. The van der Waals surface area contributed by atoms with Crippen LogP contribution in [0.3, 0.4) is 0 Å². The number of rotatable bonds is 0. The summed E-state index contributed by atoms with van der Waals surface area (Å²) >= 11 is 0. The molecule has 64 valence electrons. The lowest BCUT2D eigenvalue weighted by molar-refractivity contribution is -0.123. The van der Waals surface area contributed by atoms with Gasteiger partial charge in [-0.3, -0.25) is 4.79 Å². The molecule has 2 heteroatoms. The molecule has 4 unspecified atom stereocenters. The lowest BCUT2D eigenvalue weighted by Crippen LogP contribution is -2.25. The van der Waals surface area contributed by atoms with Gasteiger partial charge in [-0.1, -0.05) is 12.2 Å². The summed E-state index contributed by atoms with van der Waals surface area (Å²) in [5.41, 5.74) is 0. The molecule has 0 N–H and O–H groups in total. The molecule has 4 atom stereocenters. The van der Waals surface area contributed by atoms with Gasteiger partial charge >= 0.3 is 0 Å². The monoisotopic (exact) mass is 164 g/mol. The van der Waals surface area contributed by atoms with Gasteiger partial charge in [0, 0.05) is 18.3 Å². The molecular formula is C10H12O2. The Labute approximate surface area is 71.6 Å². The smallest absolute Gasteiger partial charge is 0.139 e. The molecule has 1 saturated carbocycles. The van der Waals surface area contributed by atoms with Crippen molar-refractivity contribution in [3.63, 3.8) is 0 Å². The molecule has 2 fully saturated rings. The van der Waals surface area contributed by atoms with E-state index in [2.05, 4.69) is 12.2 Å². The first-order chi connectivity index (χ1) is 5.84. The van der Waals surface area contributed by atoms with Crippen LogP contribution in [0, 0.1) is 11.8 Å². The molecule has 0 amide bonds. The van der Waals surface area contributed by atoms with Crippen LogP contribution in [0.15, 0.2) is 12.2 Å². The van der Waals surface area contributed by atoms with Gasteiger partial charge < -0.3 is 4.74 Å². The van der Waals surface area contributed by atoms with Gasteiger partial charge in [0.05, 0.1) is 12.2 Å². The fourth-order valence-electron chi connectivity index (χ4n) is 2.77. The Morgan fingerprint density at radius 2 is 2.25 bits per heavy atom. The fourth-order valence-corrected chi connectivity index (χ4v) is 2.77. The second-order valence-corrected chi connectivity index (χ2v) is 4.03. The van der Waals surface area contributed by atoms with E-state index in [1.807, 2.05) is 0 Å². The van der Waals surface area contributed by atoms with Crippen LogP contribution in [0.2, 0.25) is 0 Å². The molecule has 4 rings (SSSR count). The van der Waals surface area contributed by atoms with E-state index in [1.165, 1.54) is 0 Å². The van der Waals surface area contributed by atoms with Crippen LogP contribution >= 0.6 is 0 Å². The fraction of sp³-hybridized carbons (Fsp3) is 0.700. The first-order valence-corrected chi connectivity index (χ1v) is 4.71. The number of ether oxygens (including phenoxy) is 1. The lowest BCUT2D eigenvalue weighted by atomic mass is 9.92. The largest absolute Gasteiger partial charge is 0.370 e. The molecule has 4 aliphatic rings. The Bertz CT molecular complexity index is 257. The maximum atomic E-state index is 11.6. The summed E-state index contributed by atoms with van der Waals surface area (Å²) in [4.78, 5) is 11.6. The van der Waals surface area contributed by atoms with Crippen LogP contribution < -0.4 is 0 Å². The van der Waals surface area contributed by atoms with Gasteiger partial charge in [-0.25, -0.2) is 0 Å². The molecule has 0 aromatic carbocycles. The molecule has 2 nitrogen and oxygen atoms in total. The number of carbonyl (C=O) groups is 1. The van der Waals surface area contributed by atoms with E-state index in [0.29, 0.717) is 30.1 Å². The van der Waals surface area contributed by atoms with Gasteiger partial charge in [0.1, 0.15) is 5.78 Å². The lowest BCUT2D eigenvalue weighted by Gasteiger charge is -2.24. The Hall–Kier alpha value is -0.630. The summed E-state index contributed by atoms with van der Waals surface area (Å²) in [6.07, 6.45) is 7.49. The summed E-state index contributed by atoms with van der Waals surface area (Å²) in [6, 6.07) is 0. The third-order valence-electron chi connectivity index (χ3n) is 3.37. The van der Waals surface area contributed by atoms with Crippen molar-refractivity contribution in [1.82, 2.24) is 0 Å². The number of hydrogen-bond donors (Lipinski definition) is 0. The molecule has 0 radical (unpaired) electrons. The summed E-state index contributed by atoms with van der Waals surface area (Å²) in [5.74, 6) is 1.13. The molecule has 1 saturated heterocycles. The predicted molar refractivity (Wildman–Crippen MR) is 43.6 cm³/mol. The minimum atomic E-state index is 0.101. The second kappa shape index (κ2) is 2.19. The summed E-state index contributed by atoms with van der Waals surface area (Å²) in [7, 11) is 0. The van der Waals surface area contributed by atoms with Crippen LogP contribution in [0.5, 0.6) is 0 Å². The summed E-state index contributed by atoms with van der Waals surface area (Å²) < 4.78 is 5.76. The summed E-state index contributed by atoms with van der Waals surface area (Å²) in [6.45, 7) is 0.